The zero-order chi connectivity index (χ0) is 16.1. The minimum atomic E-state index is -0.0663. The molecule has 0 bridgehead atoms. The standard InChI is InChI=1S/C19H22N2O2/c1-14-12-16(23-13-15-6-3-2-4-7-15)9-10-17(14)21-19(22)18-8-5-11-20-18/h2-4,6-7,9-10,12,18,20H,5,8,11,13H2,1H3,(H,21,22). The van der Waals surface area contributed by atoms with Crippen LogP contribution in [0.1, 0.15) is 24.0 Å². The lowest BCUT2D eigenvalue weighted by Crippen LogP contribution is -2.35. The average Bonchev–Trinajstić information content (AvgIpc) is 3.11. The van der Waals surface area contributed by atoms with Crippen molar-refractivity contribution in [2.24, 2.45) is 0 Å². The van der Waals surface area contributed by atoms with Gasteiger partial charge in [-0.3, -0.25) is 4.79 Å². The molecule has 0 saturated carbocycles. The molecule has 4 nitrogen and oxygen atoms in total. The molecule has 120 valence electrons. The summed E-state index contributed by atoms with van der Waals surface area (Å²) in [7, 11) is 0. The number of rotatable bonds is 5. The zero-order valence-electron chi connectivity index (χ0n) is 13.3. The van der Waals surface area contributed by atoms with Crippen molar-refractivity contribution in [3.63, 3.8) is 0 Å². The van der Waals surface area contributed by atoms with E-state index in [1.54, 1.807) is 0 Å². The lowest BCUT2D eigenvalue weighted by atomic mass is 10.1. The first-order valence-electron chi connectivity index (χ1n) is 8.04. The fourth-order valence-electron chi connectivity index (χ4n) is 2.74. The molecule has 1 fully saturated rings. The Bertz CT molecular complexity index is 664. The quantitative estimate of drug-likeness (QED) is 0.891. The monoisotopic (exact) mass is 310 g/mol. The van der Waals surface area contributed by atoms with E-state index < -0.39 is 0 Å². The first-order chi connectivity index (χ1) is 11.2. The van der Waals surface area contributed by atoms with Gasteiger partial charge in [0.15, 0.2) is 0 Å². The summed E-state index contributed by atoms with van der Waals surface area (Å²) in [5, 5.41) is 6.21. The average molecular weight is 310 g/mol. The third kappa shape index (κ3) is 4.11. The van der Waals surface area contributed by atoms with E-state index in [-0.39, 0.29) is 11.9 Å². The van der Waals surface area contributed by atoms with Crippen LogP contribution in [0, 0.1) is 6.92 Å². The Hall–Kier alpha value is -2.33. The highest BCUT2D eigenvalue weighted by Crippen LogP contribution is 2.23. The summed E-state index contributed by atoms with van der Waals surface area (Å²) in [4.78, 5) is 12.2. The third-order valence-corrected chi connectivity index (χ3v) is 4.08. The summed E-state index contributed by atoms with van der Waals surface area (Å²) >= 11 is 0. The molecule has 1 aliphatic rings. The summed E-state index contributed by atoms with van der Waals surface area (Å²) in [6.45, 7) is 3.44. The van der Waals surface area contributed by atoms with Crippen LogP contribution in [-0.2, 0) is 11.4 Å². The summed E-state index contributed by atoms with van der Waals surface area (Å²) in [5.74, 6) is 0.854. The highest BCUT2D eigenvalue weighted by atomic mass is 16.5. The number of aryl methyl sites for hydroxylation is 1. The van der Waals surface area contributed by atoms with Crippen molar-refractivity contribution < 1.29 is 9.53 Å². The Labute approximate surface area is 136 Å². The number of hydrogen-bond donors (Lipinski definition) is 2. The van der Waals surface area contributed by atoms with Gasteiger partial charge in [-0.1, -0.05) is 30.3 Å². The molecule has 2 N–H and O–H groups in total. The van der Waals surface area contributed by atoms with Crippen LogP contribution < -0.4 is 15.4 Å². The first-order valence-corrected chi connectivity index (χ1v) is 8.04. The van der Waals surface area contributed by atoms with Crippen LogP contribution in [0.3, 0.4) is 0 Å². The van der Waals surface area contributed by atoms with Gasteiger partial charge in [0.1, 0.15) is 12.4 Å². The van der Waals surface area contributed by atoms with Gasteiger partial charge in [-0.15, -0.1) is 0 Å². The lowest BCUT2D eigenvalue weighted by Gasteiger charge is -2.14. The highest BCUT2D eigenvalue weighted by Gasteiger charge is 2.22. The van der Waals surface area contributed by atoms with E-state index in [0.29, 0.717) is 6.61 Å². The van der Waals surface area contributed by atoms with Crippen LogP contribution in [0.25, 0.3) is 0 Å². The molecule has 2 aromatic carbocycles. The van der Waals surface area contributed by atoms with Gasteiger partial charge in [0, 0.05) is 5.69 Å². The van der Waals surface area contributed by atoms with E-state index in [2.05, 4.69) is 10.6 Å². The topological polar surface area (TPSA) is 50.4 Å². The van der Waals surface area contributed by atoms with Crippen molar-refractivity contribution in [1.82, 2.24) is 5.32 Å². The number of carbonyl (C=O) groups excluding carboxylic acids is 1. The van der Waals surface area contributed by atoms with Gasteiger partial charge in [-0.25, -0.2) is 0 Å². The number of nitrogens with one attached hydrogen (secondary N) is 2. The maximum Gasteiger partial charge on any atom is 0.241 e. The summed E-state index contributed by atoms with van der Waals surface area (Å²) in [6.07, 6.45) is 1.96. The summed E-state index contributed by atoms with van der Waals surface area (Å²) in [6, 6.07) is 15.8. The fraction of sp³-hybridized carbons (Fsp3) is 0.316. The Kier molecular flexibility index (Phi) is 4.93. The van der Waals surface area contributed by atoms with Crippen molar-refractivity contribution in [2.45, 2.75) is 32.4 Å². The maximum atomic E-state index is 12.2. The molecule has 1 amide bonds. The molecule has 0 aromatic heterocycles. The van der Waals surface area contributed by atoms with Gasteiger partial charge in [0.2, 0.25) is 5.91 Å². The van der Waals surface area contributed by atoms with Gasteiger partial charge in [0.05, 0.1) is 6.04 Å². The van der Waals surface area contributed by atoms with E-state index in [1.807, 2.05) is 55.5 Å². The number of ether oxygens (including phenoxy) is 1. The Morgan fingerprint density at radius 3 is 2.78 bits per heavy atom. The van der Waals surface area contributed by atoms with Gasteiger partial charge < -0.3 is 15.4 Å². The smallest absolute Gasteiger partial charge is 0.241 e. The number of carbonyl (C=O) groups is 1. The van der Waals surface area contributed by atoms with Gasteiger partial charge in [-0.05, 0) is 55.6 Å². The second-order valence-electron chi connectivity index (χ2n) is 5.89. The van der Waals surface area contributed by atoms with Crippen molar-refractivity contribution in [2.75, 3.05) is 11.9 Å². The third-order valence-electron chi connectivity index (χ3n) is 4.08. The normalized spacial score (nSPS) is 17.0. The van der Waals surface area contributed by atoms with Crippen LogP contribution >= 0.6 is 0 Å². The van der Waals surface area contributed by atoms with Crippen molar-refractivity contribution in [3.05, 3.63) is 59.7 Å². The molecule has 0 radical (unpaired) electrons. The van der Waals surface area contributed by atoms with E-state index in [0.717, 1.165) is 42.0 Å². The first kappa shape index (κ1) is 15.6. The SMILES string of the molecule is Cc1cc(OCc2ccccc2)ccc1NC(=O)C1CCCN1. The van der Waals surface area contributed by atoms with Crippen LogP contribution in [0.5, 0.6) is 5.75 Å². The zero-order valence-corrected chi connectivity index (χ0v) is 13.3. The maximum absolute atomic E-state index is 12.2. The lowest BCUT2D eigenvalue weighted by molar-refractivity contribution is -0.117. The minimum Gasteiger partial charge on any atom is -0.489 e. The molecule has 1 unspecified atom stereocenters. The molecular formula is C19H22N2O2. The van der Waals surface area contributed by atoms with E-state index in [4.69, 9.17) is 4.74 Å². The highest BCUT2D eigenvalue weighted by molar-refractivity contribution is 5.95. The molecule has 1 saturated heterocycles. The molecule has 1 aliphatic heterocycles. The Balaban J connectivity index is 1.60. The van der Waals surface area contributed by atoms with E-state index in [1.165, 1.54) is 0 Å². The minimum absolute atomic E-state index is 0.0450. The van der Waals surface area contributed by atoms with Crippen molar-refractivity contribution >= 4 is 11.6 Å². The predicted molar refractivity (Wildman–Crippen MR) is 91.6 cm³/mol. The van der Waals surface area contributed by atoms with E-state index >= 15 is 0 Å². The second kappa shape index (κ2) is 7.29. The molecular weight excluding hydrogens is 288 g/mol. The Morgan fingerprint density at radius 2 is 2.09 bits per heavy atom. The van der Waals surface area contributed by atoms with Crippen LogP contribution in [0.4, 0.5) is 5.69 Å². The number of amides is 1. The predicted octanol–water partition coefficient (Wildman–Crippen LogP) is 3.26. The molecule has 2 aromatic rings. The summed E-state index contributed by atoms with van der Waals surface area (Å²) in [5.41, 5.74) is 2.98. The Morgan fingerprint density at radius 1 is 1.26 bits per heavy atom. The molecule has 3 rings (SSSR count). The van der Waals surface area contributed by atoms with Crippen LogP contribution in [-0.4, -0.2) is 18.5 Å². The largest absolute Gasteiger partial charge is 0.489 e. The van der Waals surface area contributed by atoms with Gasteiger partial charge >= 0.3 is 0 Å². The number of benzene rings is 2. The molecule has 23 heavy (non-hydrogen) atoms. The second-order valence-corrected chi connectivity index (χ2v) is 5.89. The van der Waals surface area contributed by atoms with Gasteiger partial charge in [0.25, 0.3) is 0 Å². The molecule has 4 heteroatoms. The fourth-order valence-corrected chi connectivity index (χ4v) is 2.74. The molecule has 0 aliphatic carbocycles. The van der Waals surface area contributed by atoms with Crippen LogP contribution in [0.2, 0.25) is 0 Å². The summed E-state index contributed by atoms with van der Waals surface area (Å²) < 4.78 is 5.81. The molecule has 1 atom stereocenters. The van der Waals surface area contributed by atoms with Crippen molar-refractivity contribution in [3.8, 4) is 5.75 Å². The van der Waals surface area contributed by atoms with E-state index in [9.17, 15) is 4.79 Å². The van der Waals surface area contributed by atoms with Gasteiger partial charge in [-0.2, -0.15) is 0 Å². The van der Waals surface area contributed by atoms with Crippen molar-refractivity contribution in [1.29, 1.82) is 0 Å². The molecule has 0 spiro atoms. The number of anilines is 1. The molecule has 1 heterocycles. The number of hydrogen-bond acceptors (Lipinski definition) is 3. The van der Waals surface area contributed by atoms with Crippen LogP contribution in [0.15, 0.2) is 48.5 Å².